The lowest BCUT2D eigenvalue weighted by atomic mass is 10.1. The van der Waals surface area contributed by atoms with Crippen LogP contribution in [0.1, 0.15) is 23.2 Å². The first-order chi connectivity index (χ1) is 10.1. The molecule has 0 aromatic heterocycles. The summed E-state index contributed by atoms with van der Waals surface area (Å²) in [5.74, 6) is -1.33. The molecule has 0 radical (unpaired) electrons. The maximum atomic E-state index is 11.9. The van der Waals surface area contributed by atoms with Gasteiger partial charge in [-0.2, -0.15) is 0 Å². The molecule has 1 aromatic carbocycles. The van der Waals surface area contributed by atoms with Crippen molar-refractivity contribution in [2.45, 2.75) is 18.9 Å². The zero-order chi connectivity index (χ0) is 15.2. The lowest BCUT2D eigenvalue weighted by Crippen LogP contribution is -2.39. The van der Waals surface area contributed by atoms with Crippen molar-refractivity contribution in [3.8, 4) is 0 Å². The summed E-state index contributed by atoms with van der Waals surface area (Å²) in [6.45, 7) is 1.55. The van der Waals surface area contributed by atoms with E-state index in [9.17, 15) is 9.59 Å². The molecule has 1 aliphatic rings. The van der Waals surface area contributed by atoms with Crippen molar-refractivity contribution in [3.05, 3.63) is 28.8 Å². The van der Waals surface area contributed by atoms with Crippen LogP contribution in [-0.4, -0.2) is 42.8 Å². The van der Waals surface area contributed by atoms with Crippen LogP contribution in [0.3, 0.4) is 0 Å². The molecular formula is C14H17ClN2O4. The fraction of sp³-hybridized carbons (Fsp3) is 0.429. The fourth-order valence-electron chi connectivity index (χ4n) is 2.09. The Morgan fingerprint density at radius 1 is 1.33 bits per heavy atom. The molecule has 7 heteroatoms. The van der Waals surface area contributed by atoms with Crippen molar-refractivity contribution >= 4 is 29.2 Å². The number of halogens is 1. The minimum Gasteiger partial charge on any atom is -0.478 e. The van der Waals surface area contributed by atoms with Crippen LogP contribution in [0.15, 0.2) is 18.2 Å². The summed E-state index contributed by atoms with van der Waals surface area (Å²) in [6.07, 6.45) is 1.76. The molecular weight excluding hydrogens is 296 g/mol. The lowest BCUT2D eigenvalue weighted by Gasteiger charge is -2.22. The Morgan fingerprint density at radius 2 is 2.05 bits per heavy atom. The number of amides is 1. The molecule has 1 fully saturated rings. The molecule has 0 spiro atoms. The van der Waals surface area contributed by atoms with Gasteiger partial charge in [-0.1, -0.05) is 11.6 Å². The van der Waals surface area contributed by atoms with E-state index in [0.717, 1.165) is 12.8 Å². The van der Waals surface area contributed by atoms with Gasteiger partial charge in [0, 0.05) is 19.3 Å². The van der Waals surface area contributed by atoms with Crippen LogP contribution in [0.2, 0.25) is 5.02 Å². The molecule has 1 amide bonds. The van der Waals surface area contributed by atoms with E-state index < -0.39 is 5.97 Å². The molecule has 1 heterocycles. The van der Waals surface area contributed by atoms with E-state index in [1.54, 1.807) is 0 Å². The van der Waals surface area contributed by atoms with Gasteiger partial charge in [-0.15, -0.1) is 0 Å². The van der Waals surface area contributed by atoms with Crippen LogP contribution < -0.4 is 10.6 Å². The Balaban J connectivity index is 1.89. The zero-order valence-corrected chi connectivity index (χ0v) is 12.2. The average Bonchev–Trinajstić information content (AvgIpc) is 2.48. The van der Waals surface area contributed by atoms with Crippen molar-refractivity contribution in [3.63, 3.8) is 0 Å². The van der Waals surface area contributed by atoms with Gasteiger partial charge in [0.2, 0.25) is 5.91 Å². The third-order valence-corrected chi connectivity index (χ3v) is 3.59. The summed E-state index contributed by atoms with van der Waals surface area (Å²) in [5.41, 5.74) is 0.377. The van der Waals surface area contributed by atoms with Crippen molar-refractivity contribution in [1.82, 2.24) is 5.32 Å². The maximum absolute atomic E-state index is 11.9. The molecule has 0 saturated carbocycles. The van der Waals surface area contributed by atoms with E-state index >= 15 is 0 Å². The number of nitrogens with one attached hydrogen (secondary N) is 2. The van der Waals surface area contributed by atoms with Crippen LogP contribution in [0.5, 0.6) is 0 Å². The number of ether oxygens (including phenoxy) is 1. The summed E-state index contributed by atoms with van der Waals surface area (Å²) in [6, 6.07) is 4.45. The molecule has 1 saturated heterocycles. The van der Waals surface area contributed by atoms with Gasteiger partial charge in [-0.3, -0.25) is 4.79 Å². The van der Waals surface area contributed by atoms with Crippen LogP contribution in [0.25, 0.3) is 0 Å². The SMILES string of the molecule is O=C(CNC1CCOCC1)Nc1cc(C(=O)O)ccc1Cl. The molecule has 0 atom stereocenters. The predicted octanol–water partition coefficient (Wildman–Crippen LogP) is 1.75. The number of hydrogen-bond donors (Lipinski definition) is 3. The Hall–Kier alpha value is -1.63. The van der Waals surface area contributed by atoms with E-state index in [1.165, 1.54) is 18.2 Å². The quantitative estimate of drug-likeness (QED) is 0.771. The first-order valence-electron chi connectivity index (χ1n) is 6.70. The van der Waals surface area contributed by atoms with Crippen LogP contribution in [-0.2, 0) is 9.53 Å². The molecule has 1 aromatic rings. The van der Waals surface area contributed by atoms with Gasteiger partial charge in [0.05, 0.1) is 22.8 Å². The fourth-order valence-corrected chi connectivity index (χ4v) is 2.25. The smallest absolute Gasteiger partial charge is 0.335 e. The molecule has 2 rings (SSSR count). The monoisotopic (exact) mass is 312 g/mol. The molecule has 0 unspecified atom stereocenters. The van der Waals surface area contributed by atoms with E-state index in [2.05, 4.69) is 10.6 Å². The van der Waals surface area contributed by atoms with E-state index in [-0.39, 0.29) is 24.1 Å². The molecule has 0 bridgehead atoms. The normalized spacial score (nSPS) is 15.7. The number of carbonyl (C=O) groups excluding carboxylic acids is 1. The Bertz CT molecular complexity index is 530. The number of carboxylic acids is 1. The summed E-state index contributed by atoms with van der Waals surface area (Å²) in [4.78, 5) is 22.8. The Labute approximate surface area is 127 Å². The number of aromatic carboxylic acids is 1. The Morgan fingerprint density at radius 3 is 2.71 bits per heavy atom. The zero-order valence-electron chi connectivity index (χ0n) is 11.4. The van der Waals surface area contributed by atoms with Gasteiger partial charge in [0.15, 0.2) is 0 Å². The second-order valence-electron chi connectivity index (χ2n) is 4.82. The third-order valence-electron chi connectivity index (χ3n) is 3.26. The van der Waals surface area contributed by atoms with Crippen molar-refractivity contribution < 1.29 is 19.4 Å². The second kappa shape index (κ2) is 7.40. The molecule has 6 nitrogen and oxygen atoms in total. The number of benzene rings is 1. The van der Waals surface area contributed by atoms with Gasteiger partial charge >= 0.3 is 5.97 Å². The maximum Gasteiger partial charge on any atom is 0.335 e. The Kier molecular flexibility index (Phi) is 5.55. The number of carbonyl (C=O) groups is 2. The number of carboxylic acid groups (broad SMARTS) is 1. The lowest BCUT2D eigenvalue weighted by molar-refractivity contribution is -0.115. The van der Waals surface area contributed by atoms with Gasteiger partial charge in [-0.25, -0.2) is 4.79 Å². The second-order valence-corrected chi connectivity index (χ2v) is 5.22. The average molecular weight is 313 g/mol. The third kappa shape index (κ3) is 4.70. The van der Waals surface area contributed by atoms with E-state index in [1.807, 2.05) is 0 Å². The molecule has 3 N–H and O–H groups in total. The highest BCUT2D eigenvalue weighted by Gasteiger charge is 2.15. The first-order valence-corrected chi connectivity index (χ1v) is 7.08. The van der Waals surface area contributed by atoms with Crippen LogP contribution in [0, 0.1) is 0 Å². The largest absolute Gasteiger partial charge is 0.478 e. The molecule has 21 heavy (non-hydrogen) atoms. The van der Waals surface area contributed by atoms with Gasteiger partial charge in [0.1, 0.15) is 0 Å². The molecule has 0 aliphatic carbocycles. The highest BCUT2D eigenvalue weighted by molar-refractivity contribution is 6.33. The minimum absolute atomic E-state index is 0.0760. The van der Waals surface area contributed by atoms with Gasteiger partial charge in [0.25, 0.3) is 0 Å². The molecule has 1 aliphatic heterocycles. The van der Waals surface area contributed by atoms with E-state index in [4.69, 9.17) is 21.4 Å². The summed E-state index contributed by atoms with van der Waals surface area (Å²) >= 11 is 5.95. The van der Waals surface area contributed by atoms with E-state index in [0.29, 0.717) is 23.9 Å². The van der Waals surface area contributed by atoms with Crippen LogP contribution >= 0.6 is 11.6 Å². The summed E-state index contributed by atoms with van der Waals surface area (Å²) < 4.78 is 5.24. The summed E-state index contributed by atoms with van der Waals surface area (Å²) in [5, 5.41) is 15.0. The van der Waals surface area contributed by atoms with Crippen molar-refractivity contribution in [2.75, 3.05) is 25.1 Å². The summed E-state index contributed by atoms with van der Waals surface area (Å²) in [7, 11) is 0. The molecule has 114 valence electrons. The van der Waals surface area contributed by atoms with Crippen molar-refractivity contribution in [1.29, 1.82) is 0 Å². The van der Waals surface area contributed by atoms with Crippen LogP contribution in [0.4, 0.5) is 5.69 Å². The number of rotatable bonds is 5. The highest BCUT2D eigenvalue weighted by atomic mass is 35.5. The predicted molar refractivity (Wildman–Crippen MR) is 78.9 cm³/mol. The minimum atomic E-state index is -1.07. The topological polar surface area (TPSA) is 87.7 Å². The highest BCUT2D eigenvalue weighted by Crippen LogP contribution is 2.23. The number of anilines is 1. The first kappa shape index (κ1) is 15.8. The van der Waals surface area contributed by atoms with Gasteiger partial charge < -0.3 is 20.5 Å². The standard InChI is InChI=1S/C14H17ClN2O4/c15-11-2-1-9(14(19)20)7-12(11)17-13(18)8-16-10-3-5-21-6-4-10/h1-2,7,10,16H,3-6,8H2,(H,17,18)(H,19,20). The van der Waals surface area contributed by atoms with Gasteiger partial charge in [-0.05, 0) is 31.0 Å². The van der Waals surface area contributed by atoms with Crippen molar-refractivity contribution in [2.24, 2.45) is 0 Å². The number of hydrogen-bond acceptors (Lipinski definition) is 4.